The van der Waals surface area contributed by atoms with Crippen LogP contribution in [0, 0.1) is 12.8 Å². The monoisotopic (exact) mass is 493 g/mol. The van der Waals surface area contributed by atoms with E-state index in [4.69, 9.17) is 0 Å². The number of aryl methyl sites for hydroxylation is 1. The standard InChI is InChI=1S/C25H23N3O4S2/c1-14-9-7-8-12-16(14)26-17(29)13-27-23-20(34-24(27)32)25(2,3)18-19(33-23)22(31)28(21(18)30)15-10-5-4-6-11-15/h4-12,18-19H,13H2,1-3H3,(H,26,29)/t18-,19+/m1/s1. The lowest BCUT2D eigenvalue weighted by atomic mass is 9.76. The topological polar surface area (TPSA) is 88.5 Å². The molecule has 1 aromatic heterocycles. The number of nitrogens with one attached hydrogen (secondary N) is 1. The first kappa shape index (κ1) is 22.6. The van der Waals surface area contributed by atoms with Crippen molar-refractivity contribution in [3.8, 4) is 0 Å². The molecule has 1 saturated heterocycles. The van der Waals surface area contributed by atoms with E-state index in [1.54, 1.807) is 24.3 Å². The third-order valence-corrected chi connectivity index (χ3v) is 9.26. The molecule has 0 spiro atoms. The van der Waals surface area contributed by atoms with Crippen LogP contribution < -0.4 is 15.1 Å². The van der Waals surface area contributed by atoms with Crippen LogP contribution in [0.2, 0.25) is 0 Å². The van der Waals surface area contributed by atoms with Gasteiger partial charge in [-0.2, -0.15) is 0 Å². The molecule has 5 rings (SSSR count). The van der Waals surface area contributed by atoms with Crippen LogP contribution in [0.15, 0.2) is 64.4 Å². The minimum Gasteiger partial charge on any atom is -0.324 e. The molecule has 1 N–H and O–H groups in total. The summed E-state index contributed by atoms with van der Waals surface area (Å²) in [6.07, 6.45) is 0. The van der Waals surface area contributed by atoms with Crippen molar-refractivity contribution in [3.63, 3.8) is 0 Å². The first-order valence-electron chi connectivity index (χ1n) is 10.9. The Morgan fingerprint density at radius 1 is 1.00 bits per heavy atom. The van der Waals surface area contributed by atoms with Crippen molar-refractivity contribution >= 4 is 52.2 Å². The van der Waals surface area contributed by atoms with E-state index >= 15 is 0 Å². The number of nitrogens with zero attached hydrogens (tertiary/aromatic N) is 2. The highest BCUT2D eigenvalue weighted by atomic mass is 32.2. The summed E-state index contributed by atoms with van der Waals surface area (Å²) in [6, 6.07) is 16.3. The molecule has 2 aromatic carbocycles. The molecule has 0 radical (unpaired) electrons. The predicted octanol–water partition coefficient (Wildman–Crippen LogP) is 3.80. The molecular formula is C25H23N3O4S2. The van der Waals surface area contributed by atoms with Crippen LogP contribution in [-0.2, 0) is 26.3 Å². The molecule has 0 aliphatic carbocycles. The smallest absolute Gasteiger partial charge is 0.308 e. The molecule has 2 atom stereocenters. The van der Waals surface area contributed by atoms with Gasteiger partial charge in [-0.15, -0.1) is 0 Å². The van der Waals surface area contributed by atoms with Crippen molar-refractivity contribution in [1.29, 1.82) is 0 Å². The average molecular weight is 494 g/mol. The fourth-order valence-corrected chi connectivity index (χ4v) is 7.68. The first-order valence-corrected chi connectivity index (χ1v) is 12.6. The summed E-state index contributed by atoms with van der Waals surface area (Å²) in [5, 5.41) is 2.80. The highest BCUT2D eigenvalue weighted by Crippen LogP contribution is 2.54. The van der Waals surface area contributed by atoms with E-state index < -0.39 is 16.6 Å². The highest BCUT2D eigenvalue weighted by molar-refractivity contribution is 8.00. The Kier molecular flexibility index (Phi) is 5.49. The lowest BCUT2D eigenvalue weighted by Crippen LogP contribution is -2.41. The van der Waals surface area contributed by atoms with Crippen LogP contribution in [0.4, 0.5) is 11.4 Å². The van der Waals surface area contributed by atoms with E-state index in [1.807, 2.05) is 51.1 Å². The molecule has 7 nitrogen and oxygen atoms in total. The van der Waals surface area contributed by atoms with Crippen LogP contribution in [0.1, 0.15) is 24.3 Å². The lowest BCUT2D eigenvalue weighted by molar-refractivity contribution is -0.123. The minimum absolute atomic E-state index is 0.163. The molecule has 0 unspecified atom stereocenters. The molecule has 0 saturated carbocycles. The highest BCUT2D eigenvalue weighted by Gasteiger charge is 2.59. The molecular weight excluding hydrogens is 470 g/mol. The summed E-state index contributed by atoms with van der Waals surface area (Å²) >= 11 is 2.27. The molecule has 2 aliphatic heterocycles. The predicted molar refractivity (Wildman–Crippen MR) is 133 cm³/mol. The summed E-state index contributed by atoms with van der Waals surface area (Å²) < 4.78 is 1.43. The van der Waals surface area contributed by atoms with Crippen LogP contribution in [0.5, 0.6) is 0 Å². The molecule has 3 amide bonds. The SMILES string of the molecule is Cc1ccccc1NC(=O)Cn1c2c(sc1=O)C(C)(C)[C@H]1C(=O)N(c3ccccc3)C(=O)[C@H]1S2. The number of imide groups is 1. The maximum Gasteiger partial charge on any atom is 0.308 e. The molecule has 2 aliphatic rings. The third kappa shape index (κ3) is 3.50. The summed E-state index contributed by atoms with van der Waals surface area (Å²) in [5.41, 5.74) is 1.42. The largest absolute Gasteiger partial charge is 0.324 e. The van der Waals surface area contributed by atoms with E-state index in [0.717, 1.165) is 21.8 Å². The van der Waals surface area contributed by atoms with Crippen LogP contribution in [-0.4, -0.2) is 27.5 Å². The van der Waals surface area contributed by atoms with Gasteiger partial charge in [0.15, 0.2) is 0 Å². The van der Waals surface area contributed by atoms with Gasteiger partial charge in [0.25, 0.3) is 0 Å². The Labute approximate surface area is 204 Å². The summed E-state index contributed by atoms with van der Waals surface area (Å²) in [6.45, 7) is 5.53. The number of aromatic nitrogens is 1. The lowest BCUT2D eigenvalue weighted by Gasteiger charge is -2.36. The van der Waals surface area contributed by atoms with Gasteiger partial charge in [0.2, 0.25) is 17.7 Å². The second kappa shape index (κ2) is 8.25. The van der Waals surface area contributed by atoms with Gasteiger partial charge < -0.3 is 5.32 Å². The zero-order valence-corrected chi connectivity index (χ0v) is 20.5. The van der Waals surface area contributed by atoms with Gasteiger partial charge in [0.05, 0.1) is 16.6 Å². The second-order valence-corrected chi connectivity index (χ2v) is 11.1. The van der Waals surface area contributed by atoms with Gasteiger partial charge in [0.1, 0.15) is 11.8 Å². The molecule has 174 valence electrons. The molecule has 1 fully saturated rings. The van der Waals surface area contributed by atoms with Crippen LogP contribution in [0.25, 0.3) is 0 Å². The quantitative estimate of drug-likeness (QED) is 0.559. The Hall–Kier alpha value is -3.17. The molecule has 9 heteroatoms. The number of hydrogen-bond donors (Lipinski definition) is 1. The van der Waals surface area contributed by atoms with Crippen LogP contribution >= 0.6 is 23.1 Å². The van der Waals surface area contributed by atoms with E-state index in [9.17, 15) is 19.2 Å². The van der Waals surface area contributed by atoms with Crippen molar-refractivity contribution in [1.82, 2.24) is 4.57 Å². The summed E-state index contributed by atoms with van der Waals surface area (Å²) in [4.78, 5) is 54.3. The number of carbonyl (C=O) groups excluding carboxylic acids is 3. The number of amides is 3. The molecule has 34 heavy (non-hydrogen) atoms. The normalized spacial score (nSPS) is 20.7. The molecule has 3 heterocycles. The number of hydrogen-bond acceptors (Lipinski definition) is 6. The number of benzene rings is 2. The van der Waals surface area contributed by atoms with Crippen molar-refractivity contribution in [2.24, 2.45) is 5.92 Å². The summed E-state index contributed by atoms with van der Waals surface area (Å²) in [5.74, 6) is -1.46. The van der Waals surface area contributed by atoms with Crippen LogP contribution in [0.3, 0.4) is 0 Å². The number of fused-ring (bicyclic) bond motifs is 2. The van der Waals surface area contributed by atoms with E-state index in [1.165, 1.54) is 21.2 Å². The Morgan fingerprint density at radius 2 is 1.68 bits per heavy atom. The number of thioether (sulfide) groups is 1. The van der Waals surface area contributed by atoms with E-state index in [-0.39, 0.29) is 29.1 Å². The van der Waals surface area contributed by atoms with E-state index in [2.05, 4.69) is 5.32 Å². The van der Waals surface area contributed by atoms with Gasteiger partial charge in [-0.1, -0.05) is 73.3 Å². The number of thiazole rings is 1. The average Bonchev–Trinajstić information content (AvgIpc) is 3.25. The Morgan fingerprint density at radius 3 is 2.38 bits per heavy atom. The van der Waals surface area contributed by atoms with Crippen molar-refractivity contribution in [2.75, 3.05) is 10.2 Å². The van der Waals surface area contributed by atoms with Crippen molar-refractivity contribution in [3.05, 3.63) is 74.7 Å². The van der Waals surface area contributed by atoms with Gasteiger partial charge in [-0.05, 0) is 30.7 Å². The number of rotatable bonds is 4. The fraction of sp³-hybridized carbons (Fsp3) is 0.280. The van der Waals surface area contributed by atoms with Crippen molar-refractivity contribution < 1.29 is 14.4 Å². The fourth-order valence-electron chi connectivity index (χ4n) is 4.64. The van der Waals surface area contributed by atoms with E-state index in [0.29, 0.717) is 16.4 Å². The maximum absolute atomic E-state index is 13.4. The number of para-hydroxylation sites is 2. The van der Waals surface area contributed by atoms with Gasteiger partial charge in [-0.3, -0.25) is 23.7 Å². The first-order chi connectivity index (χ1) is 16.2. The number of anilines is 2. The van der Waals surface area contributed by atoms with Gasteiger partial charge in [0, 0.05) is 16.0 Å². The Balaban J connectivity index is 1.48. The zero-order valence-electron chi connectivity index (χ0n) is 18.9. The summed E-state index contributed by atoms with van der Waals surface area (Å²) in [7, 11) is 0. The zero-order chi connectivity index (χ0) is 24.2. The van der Waals surface area contributed by atoms with Crippen molar-refractivity contribution in [2.45, 2.75) is 43.0 Å². The minimum atomic E-state index is -0.733. The molecule has 0 bridgehead atoms. The number of carbonyl (C=O) groups is 3. The maximum atomic E-state index is 13.4. The van der Waals surface area contributed by atoms with Gasteiger partial charge in [-0.25, -0.2) is 4.90 Å². The Bertz CT molecular complexity index is 1380. The van der Waals surface area contributed by atoms with Gasteiger partial charge >= 0.3 is 4.87 Å². The third-order valence-electron chi connectivity index (χ3n) is 6.44. The second-order valence-electron chi connectivity index (χ2n) is 9.04. The molecule has 3 aromatic rings.